The van der Waals surface area contributed by atoms with Crippen LogP contribution in [-0.2, 0) is 9.53 Å². The summed E-state index contributed by atoms with van der Waals surface area (Å²) < 4.78 is 5.85. The molecule has 0 radical (unpaired) electrons. The van der Waals surface area contributed by atoms with Crippen molar-refractivity contribution in [1.29, 1.82) is 5.26 Å². The third-order valence-corrected chi connectivity index (χ3v) is 7.88. The Bertz CT molecular complexity index is 1190. The number of anilines is 1. The number of hydrogen-bond acceptors (Lipinski definition) is 7. The number of nitrogens with one attached hydrogen (secondary N) is 1. The van der Waals surface area contributed by atoms with Crippen LogP contribution in [0.15, 0.2) is 30.5 Å². The Morgan fingerprint density at radius 1 is 1.26 bits per heavy atom. The lowest BCUT2D eigenvalue weighted by Gasteiger charge is -2.38. The van der Waals surface area contributed by atoms with Gasteiger partial charge in [0, 0.05) is 36.0 Å². The van der Waals surface area contributed by atoms with Crippen molar-refractivity contribution in [2.75, 3.05) is 29.6 Å². The summed E-state index contributed by atoms with van der Waals surface area (Å²) in [4.78, 5) is 45.7. The normalized spacial score (nSPS) is 21.5. The molecule has 10 heteroatoms. The fraction of sp³-hybridized carbons (Fsp3) is 0.458. The van der Waals surface area contributed by atoms with Gasteiger partial charge in [0.15, 0.2) is 0 Å². The molecule has 1 aromatic heterocycles. The van der Waals surface area contributed by atoms with E-state index in [1.807, 2.05) is 6.07 Å². The summed E-state index contributed by atoms with van der Waals surface area (Å²) in [5, 5.41) is 12.4. The van der Waals surface area contributed by atoms with E-state index in [9.17, 15) is 19.6 Å². The summed E-state index contributed by atoms with van der Waals surface area (Å²) in [6.45, 7) is 0.371. The van der Waals surface area contributed by atoms with Crippen LogP contribution < -0.4 is 10.2 Å². The third-order valence-electron chi connectivity index (χ3n) is 6.86. The van der Waals surface area contributed by atoms with Crippen LogP contribution in [0.3, 0.4) is 0 Å². The zero-order valence-electron chi connectivity index (χ0n) is 18.7. The molecule has 2 aromatic rings. The maximum Gasteiger partial charge on any atom is 0.414 e. The fourth-order valence-electron chi connectivity index (χ4n) is 4.95. The number of ether oxygens (including phenoxy) is 1. The van der Waals surface area contributed by atoms with E-state index in [2.05, 4.69) is 16.4 Å². The predicted octanol–water partition coefficient (Wildman–Crippen LogP) is 3.05. The van der Waals surface area contributed by atoms with Crippen molar-refractivity contribution in [2.24, 2.45) is 0 Å². The van der Waals surface area contributed by atoms with Gasteiger partial charge in [0.1, 0.15) is 11.6 Å². The smallest absolute Gasteiger partial charge is 0.414 e. The second-order valence-corrected chi connectivity index (χ2v) is 9.91. The molecule has 2 saturated heterocycles. The second kappa shape index (κ2) is 9.14. The molecule has 176 valence electrons. The molecule has 3 aliphatic rings. The van der Waals surface area contributed by atoms with E-state index >= 15 is 0 Å². The van der Waals surface area contributed by atoms with Gasteiger partial charge in [0.2, 0.25) is 5.91 Å². The van der Waals surface area contributed by atoms with E-state index < -0.39 is 11.9 Å². The molecule has 3 heterocycles. The molecule has 1 aliphatic carbocycles. The quantitative estimate of drug-likeness (QED) is 0.716. The lowest BCUT2D eigenvalue weighted by atomic mass is 9.96. The molecule has 1 spiro atoms. The van der Waals surface area contributed by atoms with Gasteiger partial charge in [0.25, 0.3) is 5.91 Å². The minimum atomic E-state index is -0.466. The molecule has 3 amide bonds. The Labute approximate surface area is 201 Å². The van der Waals surface area contributed by atoms with Gasteiger partial charge in [-0.3, -0.25) is 19.5 Å². The number of amides is 3. The number of aromatic nitrogens is 1. The van der Waals surface area contributed by atoms with Gasteiger partial charge in [-0.2, -0.15) is 5.26 Å². The van der Waals surface area contributed by atoms with Gasteiger partial charge in [-0.05, 0) is 49.9 Å². The SMILES string of the molecule is N#C[C@@H]1CSCN1C(=O)CNC(=O)c1ccnc2ccc(N3CCC4(CCCC4)OC3=O)cc12. The number of fused-ring (bicyclic) bond motifs is 1. The number of hydrogen-bond donors (Lipinski definition) is 1. The maximum absolute atomic E-state index is 13.0. The highest BCUT2D eigenvalue weighted by molar-refractivity contribution is 7.99. The maximum atomic E-state index is 13.0. The Balaban J connectivity index is 1.33. The Kier molecular flexibility index (Phi) is 6.04. The van der Waals surface area contributed by atoms with Crippen molar-refractivity contribution in [3.63, 3.8) is 0 Å². The molecule has 1 aromatic carbocycles. The Morgan fingerprint density at radius 2 is 2.09 bits per heavy atom. The number of nitriles is 1. The average molecular weight is 480 g/mol. The van der Waals surface area contributed by atoms with Gasteiger partial charge in [-0.1, -0.05) is 0 Å². The molecule has 3 fully saturated rings. The zero-order valence-corrected chi connectivity index (χ0v) is 19.5. The van der Waals surface area contributed by atoms with Crippen molar-refractivity contribution in [3.8, 4) is 6.07 Å². The van der Waals surface area contributed by atoms with Crippen molar-refractivity contribution < 1.29 is 19.1 Å². The first-order valence-electron chi connectivity index (χ1n) is 11.4. The van der Waals surface area contributed by atoms with E-state index in [1.165, 1.54) is 16.7 Å². The van der Waals surface area contributed by atoms with Crippen LogP contribution in [0.2, 0.25) is 0 Å². The molecule has 1 saturated carbocycles. The largest absolute Gasteiger partial charge is 0.442 e. The summed E-state index contributed by atoms with van der Waals surface area (Å²) in [6, 6.07) is 8.60. The van der Waals surface area contributed by atoms with E-state index in [4.69, 9.17) is 4.74 Å². The first-order valence-corrected chi connectivity index (χ1v) is 12.6. The fourth-order valence-corrected chi connectivity index (χ4v) is 6.06. The van der Waals surface area contributed by atoms with Crippen molar-refractivity contribution in [3.05, 3.63) is 36.0 Å². The number of thioether (sulfide) groups is 1. The van der Waals surface area contributed by atoms with Crippen LogP contribution in [0.4, 0.5) is 10.5 Å². The van der Waals surface area contributed by atoms with Crippen LogP contribution in [-0.4, -0.2) is 64.2 Å². The molecule has 5 rings (SSSR count). The van der Waals surface area contributed by atoms with E-state index in [-0.39, 0.29) is 24.1 Å². The summed E-state index contributed by atoms with van der Waals surface area (Å²) in [5.41, 5.74) is 1.31. The van der Waals surface area contributed by atoms with Crippen molar-refractivity contribution >= 4 is 46.3 Å². The lowest BCUT2D eigenvalue weighted by Crippen LogP contribution is -2.48. The highest BCUT2D eigenvalue weighted by Gasteiger charge is 2.43. The molecule has 34 heavy (non-hydrogen) atoms. The molecular formula is C24H25N5O4S. The number of carbonyl (C=O) groups excluding carboxylic acids is 3. The minimum absolute atomic E-state index is 0.193. The summed E-state index contributed by atoms with van der Waals surface area (Å²) >= 11 is 1.52. The lowest BCUT2D eigenvalue weighted by molar-refractivity contribution is -0.129. The first kappa shape index (κ1) is 22.5. The van der Waals surface area contributed by atoms with E-state index in [0.717, 1.165) is 32.1 Å². The summed E-state index contributed by atoms with van der Waals surface area (Å²) in [5.74, 6) is 0.320. The van der Waals surface area contributed by atoms with E-state index in [1.54, 1.807) is 29.3 Å². The minimum Gasteiger partial charge on any atom is -0.442 e. The van der Waals surface area contributed by atoms with Crippen LogP contribution in [0.5, 0.6) is 0 Å². The number of nitrogens with zero attached hydrogens (tertiary/aromatic N) is 4. The average Bonchev–Trinajstić information content (AvgIpc) is 3.51. The number of rotatable bonds is 4. The predicted molar refractivity (Wildman–Crippen MR) is 127 cm³/mol. The Hall–Kier alpha value is -3.32. The van der Waals surface area contributed by atoms with Gasteiger partial charge < -0.3 is 15.0 Å². The zero-order chi connectivity index (χ0) is 23.7. The van der Waals surface area contributed by atoms with Crippen molar-refractivity contribution in [2.45, 2.75) is 43.7 Å². The second-order valence-electron chi connectivity index (χ2n) is 8.91. The first-order chi connectivity index (χ1) is 16.5. The van der Waals surface area contributed by atoms with Gasteiger partial charge >= 0.3 is 6.09 Å². The molecule has 0 bridgehead atoms. The standard InChI is InChI=1S/C24H25N5O4S/c25-12-17-14-34-15-29(17)21(30)13-27-22(31)18-5-9-26-20-4-3-16(11-19(18)20)28-10-8-24(33-23(28)32)6-1-2-7-24/h3-5,9,11,17H,1-2,6-8,10,13-15H2,(H,27,31)/t17-/m1/s1. The van der Waals surface area contributed by atoms with Crippen LogP contribution in [0, 0.1) is 11.3 Å². The molecule has 0 unspecified atom stereocenters. The molecule has 1 atom stereocenters. The van der Waals surface area contributed by atoms with Gasteiger partial charge in [0.05, 0.1) is 29.6 Å². The number of benzene rings is 1. The topological polar surface area (TPSA) is 116 Å². The number of carbonyl (C=O) groups is 3. The van der Waals surface area contributed by atoms with Gasteiger partial charge in [-0.15, -0.1) is 11.8 Å². The van der Waals surface area contributed by atoms with Crippen molar-refractivity contribution in [1.82, 2.24) is 15.2 Å². The highest BCUT2D eigenvalue weighted by Crippen LogP contribution is 2.40. The third kappa shape index (κ3) is 4.16. The molecular weight excluding hydrogens is 454 g/mol. The summed E-state index contributed by atoms with van der Waals surface area (Å²) in [7, 11) is 0. The Morgan fingerprint density at radius 3 is 2.85 bits per heavy atom. The summed E-state index contributed by atoms with van der Waals surface area (Å²) in [6.07, 6.45) is 5.99. The highest BCUT2D eigenvalue weighted by atomic mass is 32.2. The van der Waals surface area contributed by atoms with E-state index in [0.29, 0.717) is 40.3 Å². The molecule has 2 aliphatic heterocycles. The number of pyridine rings is 1. The molecule has 9 nitrogen and oxygen atoms in total. The van der Waals surface area contributed by atoms with Gasteiger partial charge in [-0.25, -0.2) is 4.79 Å². The monoisotopic (exact) mass is 479 g/mol. The van der Waals surface area contributed by atoms with Crippen LogP contribution in [0.1, 0.15) is 42.5 Å². The molecule has 1 N–H and O–H groups in total. The van der Waals surface area contributed by atoms with Crippen LogP contribution >= 0.6 is 11.8 Å². The van der Waals surface area contributed by atoms with Crippen LogP contribution in [0.25, 0.3) is 10.9 Å².